The first-order valence-corrected chi connectivity index (χ1v) is 12.5. The Kier molecular flexibility index (Phi) is 6.18. The molecule has 0 saturated carbocycles. The first-order valence-electron chi connectivity index (χ1n) is 10.2. The third-order valence-electron chi connectivity index (χ3n) is 5.71. The van der Waals surface area contributed by atoms with Gasteiger partial charge in [0.05, 0.1) is 17.4 Å². The molecule has 1 saturated heterocycles. The van der Waals surface area contributed by atoms with Gasteiger partial charge in [0.1, 0.15) is 5.75 Å². The molecule has 2 aromatic rings. The van der Waals surface area contributed by atoms with Crippen LogP contribution in [0.25, 0.3) is 0 Å². The molecule has 0 N–H and O–H groups in total. The first-order chi connectivity index (χ1) is 14.4. The topological polar surface area (TPSA) is 66.9 Å². The highest BCUT2D eigenvalue weighted by Gasteiger charge is 2.37. The number of carbonyl (C=O) groups is 1. The minimum atomic E-state index is -3.65. The quantitative estimate of drug-likeness (QED) is 0.635. The Bertz CT molecular complexity index is 1040. The van der Waals surface area contributed by atoms with Crippen LogP contribution in [-0.4, -0.2) is 44.9 Å². The monoisotopic (exact) mass is 492 g/mol. The number of halogens is 1. The molecule has 2 aliphatic heterocycles. The van der Waals surface area contributed by atoms with Crippen LogP contribution in [0.15, 0.2) is 51.8 Å². The number of anilines is 1. The fourth-order valence-electron chi connectivity index (χ4n) is 4.21. The molecule has 1 amide bonds. The molecule has 1 atom stereocenters. The van der Waals surface area contributed by atoms with Gasteiger partial charge in [-0.1, -0.05) is 15.9 Å². The zero-order valence-electron chi connectivity index (χ0n) is 16.9. The standard InChI is InChI=1S/C22H25BrN2O4S/c1-2-29-19-6-8-20(9-7-19)30(27,28)24-12-3-4-17(15-24)22(26)25-13-11-16-14-18(23)5-10-21(16)25/h5-10,14,17H,2-4,11-13,15H2,1H3/t17-/m0/s1. The lowest BCUT2D eigenvalue weighted by Crippen LogP contribution is -2.46. The Hall–Kier alpha value is -1.90. The van der Waals surface area contributed by atoms with Crippen LogP contribution in [0.4, 0.5) is 5.69 Å². The predicted octanol–water partition coefficient (Wildman–Crippen LogP) is 3.84. The summed E-state index contributed by atoms with van der Waals surface area (Å²) in [7, 11) is -3.65. The van der Waals surface area contributed by atoms with E-state index in [4.69, 9.17) is 4.74 Å². The summed E-state index contributed by atoms with van der Waals surface area (Å²) < 4.78 is 34.1. The number of sulfonamides is 1. The van der Waals surface area contributed by atoms with E-state index in [0.29, 0.717) is 38.3 Å². The summed E-state index contributed by atoms with van der Waals surface area (Å²) in [6, 6.07) is 12.4. The third kappa shape index (κ3) is 4.13. The smallest absolute Gasteiger partial charge is 0.243 e. The lowest BCUT2D eigenvalue weighted by Gasteiger charge is -2.33. The van der Waals surface area contributed by atoms with E-state index in [1.54, 1.807) is 24.3 Å². The molecule has 0 unspecified atom stereocenters. The van der Waals surface area contributed by atoms with E-state index in [0.717, 1.165) is 22.1 Å². The maximum Gasteiger partial charge on any atom is 0.243 e. The normalized spacial score (nSPS) is 19.5. The molecule has 0 aromatic heterocycles. The average Bonchev–Trinajstić information content (AvgIpc) is 3.17. The summed E-state index contributed by atoms with van der Waals surface area (Å²) in [5.74, 6) is 0.330. The molecule has 1 fully saturated rings. The first kappa shape index (κ1) is 21.3. The number of hydrogen-bond donors (Lipinski definition) is 0. The van der Waals surface area contributed by atoms with Gasteiger partial charge in [0.25, 0.3) is 0 Å². The summed E-state index contributed by atoms with van der Waals surface area (Å²) >= 11 is 3.48. The van der Waals surface area contributed by atoms with Crippen molar-refractivity contribution in [3.8, 4) is 5.75 Å². The van der Waals surface area contributed by atoms with Crippen LogP contribution in [0.3, 0.4) is 0 Å². The fourth-order valence-corrected chi connectivity index (χ4v) is 6.14. The summed E-state index contributed by atoms with van der Waals surface area (Å²) in [6.07, 6.45) is 2.20. The molecule has 2 aromatic carbocycles. The Balaban J connectivity index is 1.50. The van der Waals surface area contributed by atoms with Crippen LogP contribution < -0.4 is 9.64 Å². The molecule has 0 bridgehead atoms. The number of hydrogen-bond acceptors (Lipinski definition) is 4. The van der Waals surface area contributed by atoms with Crippen molar-refractivity contribution in [3.63, 3.8) is 0 Å². The van der Waals surface area contributed by atoms with Crippen molar-refractivity contribution in [2.75, 3.05) is 31.1 Å². The summed E-state index contributed by atoms with van der Waals surface area (Å²) in [4.78, 5) is 15.3. The minimum Gasteiger partial charge on any atom is -0.494 e. The van der Waals surface area contributed by atoms with Gasteiger partial charge in [0, 0.05) is 29.8 Å². The minimum absolute atomic E-state index is 0.0164. The number of nitrogens with zero attached hydrogens (tertiary/aromatic N) is 2. The van der Waals surface area contributed by atoms with Gasteiger partial charge in [-0.15, -0.1) is 0 Å². The van der Waals surface area contributed by atoms with Gasteiger partial charge in [-0.2, -0.15) is 4.31 Å². The Labute approximate surface area is 186 Å². The summed E-state index contributed by atoms with van der Waals surface area (Å²) in [5, 5.41) is 0. The van der Waals surface area contributed by atoms with E-state index < -0.39 is 10.0 Å². The SMILES string of the molecule is CCOc1ccc(S(=O)(=O)N2CCC[C@H](C(=O)N3CCc4cc(Br)ccc43)C2)cc1. The molecule has 160 valence electrons. The van der Waals surface area contributed by atoms with Gasteiger partial charge in [-0.3, -0.25) is 4.79 Å². The molecule has 2 aliphatic rings. The second kappa shape index (κ2) is 8.69. The van der Waals surface area contributed by atoms with Gasteiger partial charge in [0.2, 0.25) is 15.9 Å². The van der Waals surface area contributed by atoms with Gasteiger partial charge >= 0.3 is 0 Å². The molecule has 4 rings (SSSR count). The fraction of sp³-hybridized carbons (Fsp3) is 0.409. The summed E-state index contributed by atoms with van der Waals surface area (Å²) in [6.45, 7) is 3.71. The number of benzene rings is 2. The Morgan fingerprint density at radius 3 is 2.67 bits per heavy atom. The van der Waals surface area contributed by atoms with E-state index in [1.165, 1.54) is 4.31 Å². The van der Waals surface area contributed by atoms with E-state index in [1.807, 2.05) is 30.0 Å². The molecule has 0 spiro atoms. The highest BCUT2D eigenvalue weighted by Crippen LogP contribution is 2.33. The molecule has 0 aliphatic carbocycles. The zero-order chi connectivity index (χ0) is 21.3. The lowest BCUT2D eigenvalue weighted by molar-refractivity contribution is -0.123. The molecular formula is C22H25BrN2O4S. The van der Waals surface area contributed by atoms with E-state index in [9.17, 15) is 13.2 Å². The molecule has 0 radical (unpaired) electrons. The molecule has 30 heavy (non-hydrogen) atoms. The largest absolute Gasteiger partial charge is 0.494 e. The van der Waals surface area contributed by atoms with Crippen molar-refractivity contribution in [1.29, 1.82) is 0 Å². The Morgan fingerprint density at radius 2 is 1.93 bits per heavy atom. The van der Waals surface area contributed by atoms with Gasteiger partial charge < -0.3 is 9.64 Å². The number of carbonyl (C=O) groups excluding carboxylic acids is 1. The Morgan fingerprint density at radius 1 is 1.17 bits per heavy atom. The van der Waals surface area contributed by atoms with Crippen molar-refractivity contribution in [2.24, 2.45) is 5.92 Å². The van der Waals surface area contributed by atoms with Crippen molar-refractivity contribution in [3.05, 3.63) is 52.5 Å². The van der Waals surface area contributed by atoms with Crippen molar-refractivity contribution in [1.82, 2.24) is 4.31 Å². The molecular weight excluding hydrogens is 468 g/mol. The van der Waals surface area contributed by atoms with Gasteiger partial charge in [-0.25, -0.2) is 8.42 Å². The summed E-state index contributed by atoms with van der Waals surface area (Å²) in [5.41, 5.74) is 2.09. The third-order valence-corrected chi connectivity index (χ3v) is 8.08. The second-order valence-corrected chi connectivity index (χ2v) is 10.5. The predicted molar refractivity (Wildman–Crippen MR) is 119 cm³/mol. The average molecular weight is 493 g/mol. The molecule has 6 nitrogen and oxygen atoms in total. The van der Waals surface area contributed by atoms with Crippen molar-refractivity contribution < 1.29 is 17.9 Å². The van der Waals surface area contributed by atoms with Crippen LogP contribution >= 0.6 is 15.9 Å². The van der Waals surface area contributed by atoms with Crippen LogP contribution in [0.1, 0.15) is 25.3 Å². The van der Waals surface area contributed by atoms with Crippen LogP contribution in [0.2, 0.25) is 0 Å². The highest BCUT2D eigenvalue weighted by atomic mass is 79.9. The highest BCUT2D eigenvalue weighted by molar-refractivity contribution is 9.10. The number of amides is 1. The van der Waals surface area contributed by atoms with Crippen LogP contribution in [-0.2, 0) is 21.2 Å². The number of rotatable bonds is 5. The molecule has 2 heterocycles. The van der Waals surface area contributed by atoms with Crippen molar-refractivity contribution >= 4 is 37.5 Å². The van der Waals surface area contributed by atoms with E-state index in [2.05, 4.69) is 15.9 Å². The number of fused-ring (bicyclic) bond motifs is 1. The lowest BCUT2D eigenvalue weighted by atomic mass is 9.98. The van der Waals surface area contributed by atoms with E-state index >= 15 is 0 Å². The van der Waals surface area contributed by atoms with Crippen LogP contribution in [0.5, 0.6) is 5.75 Å². The van der Waals surface area contributed by atoms with E-state index in [-0.39, 0.29) is 23.3 Å². The number of ether oxygens (including phenoxy) is 1. The van der Waals surface area contributed by atoms with Crippen LogP contribution in [0, 0.1) is 5.92 Å². The zero-order valence-corrected chi connectivity index (χ0v) is 19.3. The maximum atomic E-state index is 13.2. The molecule has 8 heteroatoms. The number of piperidine rings is 1. The van der Waals surface area contributed by atoms with Gasteiger partial charge in [0.15, 0.2) is 0 Å². The maximum absolute atomic E-state index is 13.2. The van der Waals surface area contributed by atoms with Gasteiger partial charge in [-0.05, 0) is 74.2 Å². The second-order valence-electron chi connectivity index (χ2n) is 7.62. The van der Waals surface area contributed by atoms with Crippen molar-refractivity contribution in [2.45, 2.75) is 31.1 Å².